The van der Waals surface area contributed by atoms with Crippen molar-refractivity contribution in [2.75, 3.05) is 44.5 Å². The summed E-state index contributed by atoms with van der Waals surface area (Å²) < 4.78 is 34.2. The van der Waals surface area contributed by atoms with Gasteiger partial charge in [0.1, 0.15) is 80.6 Å². The van der Waals surface area contributed by atoms with Gasteiger partial charge in [-0.05, 0) is 18.3 Å². The van der Waals surface area contributed by atoms with Gasteiger partial charge < -0.3 is 97.1 Å². The Labute approximate surface area is 396 Å². The highest BCUT2D eigenvalue weighted by Crippen LogP contribution is 2.33. The summed E-state index contributed by atoms with van der Waals surface area (Å²) in [7, 11) is 1.90. The molecule has 28 nitrogen and oxygen atoms in total. The summed E-state index contributed by atoms with van der Waals surface area (Å²) in [6.45, 7) is 1.66. The number of carboxylic acids is 3. The highest BCUT2D eigenvalue weighted by molar-refractivity contribution is 8.76. The summed E-state index contributed by atoms with van der Waals surface area (Å²) in [5.74, 6) is -11.9. The Hall–Kier alpha value is -4.47. The summed E-state index contributed by atoms with van der Waals surface area (Å²) in [6.07, 6.45) is -17.9. The van der Waals surface area contributed by atoms with Crippen molar-refractivity contribution in [3.8, 4) is 0 Å². The smallest absolute Gasteiger partial charge is 0.329 e. The van der Waals surface area contributed by atoms with Crippen LogP contribution in [0.2, 0.25) is 0 Å². The maximum Gasteiger partial charge on any atom is 0.329 e. The second-order valence-electron chi connectivity index (χ2n) is 16.3. The molecule has 15 atom stereocenters. The number of carbonyl (C=O) groups is 9. The van der Waals surface area contributed by atoms with Crippen LogP contribution < -0.4 is 38.1 Å². The van der Waals surface area contributed by atoms with Gasteiger partial charge in [0.15, 0.2) is 18.7 Å². The predicted molar refractivity (Wildman–Crippen MR) is 231 cm³/mol. The second-order valence-corrected chi connectivity index (χ2v) is 18.8. The highest BCUT2D eigenvalue weighted by Gasteiger charge is 2.55. The van der Waals surface area contributed by atoms with Crippen molar-refractivity contribution in [3.63, 3.8) is 0 Å². The highest BCUT2D eigenvalue weighted by atomic mass is 33.1. The van der Waals surface area contributed by atoms with Crippen LogP contribution in [-0.2, 0) is 71.6 Å². The number of carboxylic acid groups (broad SMARTS) is 3. The van der Waals surface area contributed by atoms with Gasteiger partial charge in [0, 0.05) is 11.5 Å². The minimum absolute atomic E-state index is 0.0971. The number of carbonyl (C=O) groups excluding carboxylic acids is 6. The van der Waals surface area contributed by atoms with Crippen LogP contribution in [0, 0.1) is 11.8 Å². The van der Waals surface area contributed by atoms with Gasteiger partial charge in [0.25, 0.3) is 5.91 Å². The molecule has 3 heterocycles. The van der Waals surface area contributed by atoms with E-state index in [1.807, 2.05) is 0 Å². The zero-order chi connectivity index (χ0) is 51.0. The molecule has 3 saturated heterocycles. The average molecular weight is 1020 g/mol. The second kappa shape index (κ2) is 27.7. The molecule has 6 amide bonds. The number of aliphatic hydroxyl groups excluding tert-OH is 3. The van der Waals surface area contributed by atoms with Crippen LogP contribution in [0.3, 0.4) is 0 Å². The van der Waals surface area contributed by atoms with Gasteiger partial charge in [0.05, 0.1) is 19.2 Å². The fourth-order valence-corrected chi connectivity index (χ4v) is 9.18. The number of hydrogen-bond donors (Lipinski definition) is 13. The molecule has 3 fully saturated rings. The Morgan fingerprint density at radius 1 is 0.779 bits per heavy atom. The lowest BCUT2D eigenvalue weighted by Crippen LogP contribution is -2.69. The number of rotatable bonds is 15. The maximum atomic E-state index is 14.1. The molecule has 0 aromatic carbocycles. The number of ether oxygens (including phenoxy) is 6. The van der Waals surface area contributed by atoms with Crippen LogP contribution in [0.4, 0.5) is 0 Å². The molecule has 386 valence electrons. The summed E-state index contributed by atoms with van der Waals surface area (Å²) in [5, 5.41) is 74.4. The first kappa shape index (κ1) is 57.8. The molecule has 3 aliphatic rings. The number of nitrogens with one attached hydrogen (secondary N) is 5. The van der Waals surface area contributed by atoms with E-state index in [9.17, 15) is 73.8 Å². The van der Waals surface area contributed by atoms with Crippen LogP contribution in [-0.4, -0.2) is 214 Å². The van der Waals surface area contributed by atoms with Crippen molar-refractivity contribution >= 4 is 74.9 Å². The lowest BCUT2D eigenvalue weighted by atomic mass is 9.94. The molecule has 3 rings (SSSR count). The molecule has 4 bridgehead atoms. The van der Waals surface area contributed by atoms with Crippen LogP contribution in [0.1, 0.15) is 40.5 Å². The number of hydrogen-bond acceptors (Lipinski definition) is 21. The molecule has 15 N–H and O–H groups in total. The molecule has 68 heavy (non-hydrogen) atoms. The van der Waals surface area contributed by atoms with Gasteiger partial charge >= 0.3 is 17.9 Å². The van der Waals surface area contributed by atoms with E-state index in [0.29, 0.717) is 6.42 Å². The molecule has 0 aromatic rings. The van der Waals surface area contributed by atoms with Gasteiger partial charge in [-0.25, -0.2) is 14.4 Å². The standard InChI is InChI=1S/C38H61N7O21S2/c1-5-15(4)24-34(57)43-18(36(59)60)13-68-67-12-16(39)32(55)41-7-21(48)44-25-29(61-10-22(49)50)28(19(8-46)64-37(25)63-9-20(40)47)65-38-31(62-11-23(51)52)27(54)26(53)30(66-38)35(58)42-17(6-14(2)3)33(56)45-24/h14-19,24-31,37-38,46,53-54H,5-13,39H2,1-4H3,(H2,40,47)(H,41,55)(H,42,58)(H,43,57)(H,44,48)(H,45,56)(H,49,50)(H,51,52)(H,59,60)/t15?,16-,17-,18-,19+,24-,25+,26-,27-,28?,29-,30-,31+,37+,38+/m0/s1. The number of fused-ring (bicyclic) bond motifs is 4. The largest absolute Gasteiger partial charge is 0.480 e. The molecule has 0 spiro atoms. The van der Waals surface area contributed by atoms with E-state index in [0.717, 1.165) is 21.6 Å². The predicted octanol–water partition coefficient (Wildman–Crippen LogP) is -6.07. The van der Waals surface area contributed by atoms with Crippen molar-refractivity contribution in [1.82, 2.24) is 26.6 Å². The van der Waals surface area contributed by atoms with E-state index in [1.165, 1.54) is 0 Å². The number of nitrogens with two attached hydrogens (primary N) is 2. The van der Waals surface area contributed by atoms with Crippen LogP contribution in [0.15, 0.2) is 0 Å². The van der Waals surface area contributed by atoms with E-state index in [-0.39, 0.29) is 23.8 Å². The summed E-state index contributed by atoms with van der Waals surface area (Å²) in [4.78, 5) is 116. The van der Waals surface area contributed by atoms with Crippen molar-refractivity contribution in [2.24, 2.45) is 23.3 Å². The third-order valence-electron chi connectivity index (χ3n) is 10.5. The third kappa shape index (κ3) is 17.2. The molecule has 0 radical (unpaired) electrons. The van der Waals surface area contributed by atoms with Gasteiger partial charge in [-0.2, -0.15) is 0 Å². The van der Waals surface area contributed by atoms with Gasteiger partial charge in [-0.15, -0.1) is 0 Å². The van der Waals surface area contributed by atoms with E-state index in [1.54, 1.807) is 27.7 Å². The molecule has 2 unspecified atom stereocenters. The lowest BCUT2D eigenvalue weighted by Gasteiger charge is -2.48. The van der Waals surface area contributed by atoms with Gasteiger partial charge in [-0.3, -0.25) is 28.8 Å². The Bertz CT molecular complexity index is 1790. The summed E-state index contributed by atoms with van der Waals surface area (Å²) >= 11 is 0. The molecule has 0 saturated carbocycles. The SMILES string of the molecule is CCC(C)[C@@H]1NC(=O)[C@H](CC(C)C)NC(=O)[C@H]2O[C@@H](OC3[C@@H](OCC(=O)O)[C@@H](NC(=O)CNC(=O)[C@@H](N)CSSC[C@@H](C(=O)O)NC1=O)[C@H](OCC(N)=O)O[C@@H]3CO)[C@H](OCC(=O)O)[C@@H](O)[C@@H]2O. The number of aliphatic hydroxyl groups is 3. The first-order valence-electron chi connectivity index (χ1n) is 21.2. The number of aliphatic carboxylic acids is 3. The topological polar surface area (TPSA) is 443 Å². The maximum absolute atomic E-state index is 14.1. The minimum Gasteiger partial charge on any atom is -0.480 e. The molecule has 0 aliphatic carbocycles. The van der Waals surface area contributed by atoms with E-state index >= 15 is 0 Å². The van der Waals surface area contributed by atoms with E-state index in [2.05, 4.69) is 26.6 Å². The van der Waals surface area contributed by atoms with Crippen LogP contribution in [0.25, 0.3) is 0 Å². The van der Waals surface area contributed by atoms with Gasteiger partial charge in [-0.1, -0.05) is 55.7 Å². The molecule has 3 aliphatic heterocycles. The molecule has 0 aromatic heterocycles. The molecule has 30 heteroatoms. The fraction of sp³-hybridized carbons (Fsp3) is 0.763. The summed E-state index contributed by atoms with van der Waals surface area (Å²) in [6, 6.07) is -7.37. The average Bonchev–Trinajstić information content (AvgIpc) is 3.26. The van der Waals surface area contributed by atoms with E-state index < -0.39 is 178 Å². The van der Waals surface area contributed by atoms with Gasteiger partial charge in [0.2, 0.25) is 29.5 Å². The first-order valence-corrected chi connectivity index (χ1v) is 23.7. The Morgan fingerprint density at radius 2 is 1.41 bits per heavy atom. The zero-order valence-electron chi connectivity index (χ0n) is 37.4. The van der Waals surface area contributed by atoms with Crippen molar-refractivity contribution in [1.29, 1.82) is 0 Å². The normalized spacial score (nSPS) is 33.5. The lowest BCUT2D eigenvalue weighted by molar-refractivity contribution is -0.348. The number of amides is 6. The van der Waals surface area contributed by atoms with Crippen molar-refractivity contribution in [2.45, 2.75) is 126 Å². The van der Waals surface area contributed by atoms with Crippen molar-refractivity contribution in [3.05, 3.63) is 0 Å². The molecular weight excluding hydrogens is 955 g/mol. The Morgan fingerprint density at radius 3 is 1.99 bits per heavy atom. The first-order chi connectivity index (χ1) is 32.0. The summed E-state index contributed by atoms with van der Waals surface area (Å²) in [5.41, 5.74) is 11.3. The quantitative estimate of drug-likeness (QED) is 0.0679. The zero-order valence-corrected chi connectivity index (χ0v) is 39.0. The third-order valence-corrected chi connectivity index (χ3v) is 13.0. The number of primary amides is 1. The van der Waals surface area contributed by atoms with Crippen LogP contribution >= 0.6 is 21.6 Å². The minimum atomic E-state index is -2.25. The Kier molecular flexibility index (Phi) is 23.5. The van der Waals surface area contributed by atoms with Crippen LogP contribution in [0.5, 0.6) is 0 Å². The Balaban J connectivity index is 2.19. The fourth-order valence-electron chi connectivity index (χ4n) is 6.90. The monoisotopic (exact) mass is 1020 g/mol. The van der Waals surface area contributed by atoms with E-state index in [4.69, 9.17) is 39.9 Å². The van der Waals surface area contributed by atoms with Crippen molar-refractivity contribution < 1.29 is 102 Å². The molecular formula is C38H61N7O21S2.